The highest BCUT2D eigenvalue weighted by Crippen LogP contribution is 2.25. The molecule has 0 saturated carbocycles. The summed E-state index contributed by atoms with van der Waals surface area (Å²) in [5.41, 5.74) is 1.93. The Balaban J connectivity index is 1.69. The smallest absolute Gasteiger partial charge is 0.306 e. The lowest BCUT2D eigenvalue weighted by Gasteiger charge is -2.29. The van der Waals surface area contributed by atoms with Gasteiger partial charge in [-0.25, -0.2) is 4.98 Å². The second-order valence-electron chi connectivity index (χ2n) is 6.09. The van der Waals surface area contributed by atoms with Crippen molar-refractivity contribution in [2.24, 2.45) is 5.92 Å². The minimum absolute atomic E-state index is 0.0202. The molecule has 3 rings (SSSR count). The van der Waals surface area contributed by atoms with Gasteiger partial charge in [0, 0.05) is 19.5 Å². The van der Waals surface area contributed by atoms with Crippen LogP contribution < -0.4 is 0 Å². The molecule has 1 amide bonds. The first-order valence-corrected chi connectivity index (χ1v) is 8.88. The van der Waals surface area contributed by atoms with Crippen molar-refractivity contribution in [1.29, 1.82) is 0 Å². The molecule has 2 heterocycles. The first kappa shape index (κ1) is 16.6. The average Bonchev–Trinajstić information content (AvgIpc) is 2.95. The molecule has 1 saturated heterocycles. The number of hydrogen-bond acceptors (Lipinski definition) is 4. The number of aliphatic carboxylic acids is 1. The van der Waals surface area contributed by atoms with Crippen molar-refractivity contribution in [2.75, 3.05) is 13.1 Å². The number of carbonyl (C=O) groups is 2. The van der Waals surface area contributed by atoms with E-state index in [4.69, 9.17) is 5.11 Å². The van der Waals surface area contributed by atoms with Gasteiger partial charge in [0.25, 0.3) is 5.91 Å². The van der Waals surface area contributed by atoms with Gasteiger partial charge in [-0.15, -0.1) is 11.3 Å². The molecular formula is C18H20N2O3S. The maximum atomic E-state index is 12.7. The molecule has 2 aromatic rings. The number of aromatic nitrogens is 1. The molecule has 0 radical (unpaired) electrons. The quantitative estimate of drug-likeness (QED) is 0.926. The molecule has 0 aliphatic carbocycles. The summed E-state index contributed by atoms with van der Waals surface area (Å²) in [6.45, 7) is 2.87. The van der Waals surface area contributed by atoms with Gasteiger partial charge in [-0.05, 0) is 25.3 Å². The van der Waals surface area contributed by atoms with Crippen LogP contribution in [0.25, 0.3) is 0 Å². The fourth-order valence-corrected chi connectivity index (χ4v) is 4.04. The molecule has 24 heavy (non-hydrogen) atoms. The van der Waals surface area contributed by atoms with E-state index in [2.05, 4.69) is 17.1 Å². The van der Waals surface area contributed by atoms with E-state index in [-0.39, 0.29) is 11.8 Å². The van der Waals surface area contributed by atoms with Crippen molar-refractivity contribution in [3.05, 3.63) is 51.5 Å². The number of rotatable bonds is 4. The highest BCUT2D eigenvalue weighted by Gasteiger charge is 2.29. The van der Waals surface area contributed by atoms with Crippen LogP contribution in [0.1, 0.15) is 38.8 Å². The summed E-state index contributed by atoms with van der Waals surface area (Å²) in [4.78, 5) is 30.7. The third-order valence-electron chi connectivity index (χ3n) is 4.36. The molecule has 1 fully saturated rings. The van der Waals surface area contributed by atoms with Crippen molar-refractivity contribution in [3.8, 4) is 0 Å². The molecule has 6 heteroatoms. The van der Waals surface area contributed by atoms with E-state index in [1.807, 2.05) is 25.1 Å². The highest BCUT2D eigenvalue weighted by molar-refractivity contribution is 7.13. The summed E-state index contributed by atoms with van der Waals surface area (Å²) in [6.07, 6.45) is 1.77. The Labute approximate surface area is 145 Å². The number of nitrogens with zero attached hydrogens (tertiary/aromatic N) is 2. The van der Waals surface area contributed by atoms with E-state index >= 15 is 0 Å². The Kier molecular flexibility index (Phi) is 4.94. The summed E-state index contributed by atoms with van der Waals surface area (Å²) in [7, 11) is 0. The van der Waals surface area contributed by atoms with E-state index in [9.17, 15) is 9.59 Å². The number of likely N-dealkylation sites (tertiary alicyclic amines) is 1. The molecular weight excluding hydrogens is 324 g/mol. The fourth-order valence-electron chi connectivity index (χ4n) is 2.97. The van der Waals surface area contributed by atoms with E-state index in [1.54, 1.807) is 4.90 Å². The number of hydrogen-bond donors (Lipinski definition) is 1. The van der Waals surface area contributed by atoms with Crippen LogP contribution in [0.2, 0.25) is 0 Å². The van der Waals surface area contributed by atoms with Crippen LogP contribution in [-0.2, 0) is 11.2 Å². The normalized spacial score (nSPS) is 15.5. The van der Waals surface area contributed by atoms with Gasteiger partial charge in [-0.1, -0.05) is 30.3 Å². The molecule has 0 bridgehead atoms. The zero-order valence-electron chi connectivity index (χ0n) is 13.6. The second-order valence-corrected chi connectivity index (χ2v) is 7.17. The largest absolute Gasteiger partial charge is 0.481 e. The number of carboxylic acids is 1. The molecule has 1 aromatic carbocycles. The van der Waals surface area contributed by atoms with Crippen molar-refractivity contribution < 1.29 is 14.7 Å². The van der Waals surface area contributed by atoms with Crippen LogP contribution in [0, 0.1) is 12.8 Å². The Hall–Kier alpha value is -2.21. The number of piperidine rings is 1. The third-order valence-corrected chi connectivity index (χ3v) is 5.51. The van der Waals surface area contributed by atoms with Gasteiger partial charge in [0.1, 0.15) is 4.88 Å². The Morgan fingerprint density at radius 3 is 2.54 bits per heavy atom. The minimum Gasteiger partial charge on any atom is -0.481 e. The maximum absolute atomic E-state index is 12.7. The van der Waals surface area contributed by atoms with Crippen LogP contribution in [-0.4, -0.2) is 40.0 Å². The van der Waals surface area contributed by atoms with Crippen molar-refractivity contribution in [1.82, 2.24) is 9.88 Å². The van der Waals surface area contributed by atoms with E-state index in [0.29, 0.717) is 30.8 Å². The fraction of sp³-hybridized carbons (Fsp3) is 0.389. The Bertz CT molecular complexity index is 734. The van der Waals surface area contributed by atoms with E-state index in [1.165, 1.54) is 16.9 Å². The molecule has 0 unspecified atom stereocenters. The lowest BCUT2D eigenvalue weighted by atomic mass is 9.97. The van der Waals surface area contributed by atoms with Gasteiger partial charge in [0.15, 0.2) is 0 Å². The van der Waals surface area contributed by atoms with Crippen LogP contribution in [0.5, 0.6) is 0 Å². The summed E-state index contributed by atoms with van der Waals surface area (Å²) >= 11 is 1.44. The van der Waals surface area contributed by atoms with E-state index in [0.717, 1.165) is 17.1 Å². The number of thiazole rings is 1. The maximum Gasteiger partial charge on any atom is 0.306 e. The topological polar surface area (TPSA) is 70.5 Å². The monoisotopic (exact) mass is 344 g/mol. The standard InChI is InChI=1S/C18H20N2O3S/c1-12-16(17(21)20-9-7-14(8-10-20)18(22)23)24-15(19-12)11-13-5-3-2-4-6-13/h2-6,14H,7-11H2,1H3,(H,22,23). The lowest BCUT2D eigenvalue weighted by molar-refractivity contribution is -0.143. The number of amides is 1. The minimum atomic E-state index is -0.763. The molecule has 1 aliphatic heterocycles. The summed E-state index contributed by atoms with van der Waals surface area (Å²) in [6, 6.07) is 10.1. The predicted molar refractivity (Wildman–Crippen MR) is 92.4 cm³/mol. The number of carbonyl (C=O) groups excluding carboxylic acids is 1. The summed E-state index contributed by atoms with van der Waals surface area (Å²) in [5.74, 6) is -1.11. The van der Waals surface area contributed by atoms with E-state index < -0.39 is 5.97 Å². The van der Waals surface area contributed by atoms with Gasteiger partial charge in [-0.2, -0.15) is 0 Å². The van der Waals surface area contributed by atoms with Crippen LogP contribution in [0.4, 0.5) is 0 Å². The number of aryl methyl sites for hydroxylation is 1. The SMILES string of the molecule is Cc1nc(Cc2ccccc2)sc1C(=O)N1CCC(C(=O)O)CC1. The third kappa shape index (κ3) is 3.64. The van der Waals surface area contributed by atoms with Gasteiger partial charge in [-0.3, -0.25) is 9.59 Å². The first-order chi connectivity index (χ1) is 11.5. The Morgan fingerprint density at radius 2 is 1.92 bits per heavy atom. The zero-order chi connectivity index (χ0) is 17.1. The lowest BCUT2D eigenvalue weighted by Crippen LogP contribution is -2.40. The van der Waals surface area contributed by atoms with Crippen LogP contribution >= 0.6 is 11.3 Å². The van der Waals surface area contributed by atoms with Gasteiger partial charge in [0.05, 0.1) is 16.6 Å². The molecule has 1 aliphatic rings. The van der Waals surface area contributed by atoms with Gasteiger partial charge < -0.3 is 10.0 Å². The average molecular weight is 344 g/mol. The van der Waals surface area contributed by atoms with Gasteiger partial charge >= 0.3 is 5.97 Å². The molecule has 0 atom stereocenters. The van der Waals surface area contributed by atoms with Crippen LogP contribution in [0.15, 0.2) is 30.3 Å². The molecule has 1 aromatic heterocycles. The first-order valence-electron chi connectivity index (χ1n) is 8.07. The highest BCUT2D eigenvalue weighted by atomic mass is 32.1. The van der Waals surface area contributed by atoms with Crippen LogP contribution in [0.3, 0.4) is 0 Å². The molecule has 126 valence electrons. The van der Waals surface area contributed by atoms with Crippen molar-refractivity contribution in [2.45, 2.75) is 26.2 Å². The Morgan fingerprint density at radius 1 is 1.25 bits per heavy atom. The van der Waals surface area contributed by atoms with Gasteiger partial charge in [0.2, 0.25) is 0 Å². The van der Waals surface area contributed by atoms with Crippen molar-refractivity contribution >= 4 is 23.2 Å². The summed E-state index contributed by atoms with van der Waals surface area (Å²) < 4.78 is 0. The summed E-state index contributed by atoms with van der Waals surface area (Å²) in [5, 5.41) is 9.99. The molecule has 1 N–H and O–H groups in total. The zero-order valence-corrected chi connectivity index (χ0v) is 14.4. The predicted octanol–water partition coefficient (Wildman–Crippen LogP) is 2.98. The second kappa shape index (κ2) is 7.13. The molecule has 0 spiro atoms. The molecule has 5 nitrogen and oxygen atoms in total. The number of benzene rings is 1. The van der Waals surface area contributed by atoms with Crippen molar-refractivity contribution in [3.63, 3.8) is 0 Å². The number of carboxylic acid groups (broad SMARTS) is 1.